The number of hydrogen-bond donors (Lipinski definition) is 2. The molecule has 0 heterocycles. The maximum atomic E-state index is 7.37. The van der Waals surface area contributed by atoms with Crippen molar-refractivity contribution in [3.05, 3.63) is 63.6 Å². The lowest BCUT2D eigenvalue weighted by Crippen LogP contribution is -2.10. The predicted octanol–water partition coefficient (Wildman–Crippen LogP) is 3.86. The van der Waals surface area contributed by atoms with Gasteiger partial charge in [0.15, 0.2) is 0 Å². The van der Waals surface area contributed by atoms with Crippen LogP contribution in [0.2, 0.25) is 10.0 Å². The molecule has 0 spiro atoms. The van der Waals surface area contributed by atoms with Gasteiger partial charge in [-0.25, -0.2) is 0 Å². The number of amidine groups is 1. The van der Waals surface area contributed by atoms with E-state index in [0.717, 1.165) is 5.56 Å². The van der Waals surface area contributed by atoms with Crippen molar-refractivity contribution in [1.82, 2.24) is 0 Å². The number of rotatable bonds is 4. The van der Waals surface area contributed by atoms with Gasteiger partial charge in [0.1, 0.15) is 18.2 Å². The van der Waals surface area contributed by atoms with E-state index in [1.807, 2.05) is 0 Å². The summed E-state index contributed by atoms with van der Waals surface area (Å²) in [5.41, 5.74) is 6.85. The Morgan fingerprint density at radius 2 is 1.95 bits per heavy atom. The van der Waals surface area contributed by atoms with Crippen LogP contribution in [0.15, 0.2) is 42.5 Å². The molecule has 0 atom stereocenters. The molecule has 0 fully saturated rings. The first-order chi connectivity index (χ1) is 9.06. The van der Waals surface area contributed by atoms with Crippen LogP contribution in [-0.2, 0) is 6.61 Å². The predicted molar refractivity (Wildman–Crippen MR) is 78.3 cm³/mol. The molecule has 0 aliphatic carbocycles. The molecule has 0 unspecified atom stereocenters. The van der Waals surface area contributed by atoms with Gasteiger partial charge in [0.2, 0.25) is 0 Å². The van der Waals surface area contributed by atoms with E-state index in [2.05, 4.69) is 0 Å². The van der Waals surface area contributed by atoms with E-state index >= 15 is 0 Å². The second-order valence-corrected chi connectivity index (χ2v) is 4.81. The molecule has 0 saturated carbocycles. The quantitative estimate of drug-likeness (QED) is 0.664. The van der Waals surface area contributed by atoms with Crippen LogP contribution in [0.5, 0.6) is 5.75 Å². The first kappa shape index (κ1) is 13.7. The molecule has 2 rings (SSSR count). The second kappa shape index (κ2) is 5.95. The number of benzene rings is 2. The summed E-state index contributed by atoms with van der Waals surface area (Å²) in [7, 11) is 0. The van der Waals surface area contributed by atoms with Gasteiger partial charge in [0.25, 0.3) is 0 Å². The molecule has 98 valence electrons. The zero-order chi connectivity index (χ0) is 13.8. The molecule has 3 N–H and O–H groups in total. The first-order valence-corrected chi connectivity index (χ1v) is 6.33. The van der Waals surface area contributed by atoms with E-state index < -0.39 is 0 Å². The van der Waals surface area contributed by atoms with Crippen LogP contribution in [0.1, 0.15) is 11.1 Å². The SMILES string of the molecule is N=C(N)c1cccc(OCc2cc(Cl)ccc2Cl)c1. The van der Waals surface area contributed by atoms with Gasteiger partial charge in [-0.05, 0) is 30.3 Å². The molecule has 0 aromatic heterocycles. The zero-order valence-corrected chi connectivity index (χ0v) is 11.5. The molecule has 3 nitrogen and oxygen atoms in total. The van der Waals surface area contributed by atoms with Crippen LogP contribution in [0.25, 0.3) is 0 Å². The Hall–Kier alpha value is -1.71. The molecule has 0 radical (unpaired) electrons. The molecule has 2 aromatic rings. The smallest absolute Gasteiger partial charge is 0.122 e. The van der Waals surface area contributed by atoms with Crippen LogP contribution in [0.3, 0.4) is 0 Å². The lowest BCUT2D eigenvalue weighted by Gasteiger charge is -2.09. The molecule has 0 saturated heterocycles. The lowest BCUT2D eigenvalue weighted by atomic mass is 10.2. The van der Waals surface area contributed by atoms with Gasteiger partial charge in [0.05, 0.1) is 0 Å². The highest BCUT2D eigenvalue weighted by atomic mass is 35.5. The van der Waals surface area contributed by atoms with Crippen LogP contribution < -0.4 is 10.5 Å². The number of ether oxygens (including phenoxy) is 1. The highest BCUT2D eigenvalue weighted by molar-refractivity contribution is 6.33. The average molecular weight is 295 g/mol. The summed E-state index contributed by atoms with van der Waals surface area (Å²) >= 11 is 12.0. The van der Waals surface area contributed by atoms with Crippen molar-refractivity contribution < 1.29 is 4.74 Å². The van der Waals surface area contributed by atoms with E-state index in [1.165, 1.54) is 0 Å². The molecule has 0 aliphatic heterocycles. The molecule has 5 heteroatoms. The third kappa shape index (κ3) is 3.63. The summed E-state index contributed by atoms with van der Waals surface area (Å²) in [4.78, 5) is 0. The Morgan fingerprint density at radius 3 is 2.68 bits per heavy atom. The summed E-state index contributed by atoms with van der Waals surface area (Å²) < 4.78 is 5.62. The molecule has 19 heavy (non-hydrogen) atoms. The number of hydrogen-bond acceptors (Lipinski definition) is 2. The fraction of sp³-hybridized carbons (Fsp3) is 0.0714. The third-order valence-electron chi connectivity index (χ3n) is 2.55. The minimum absolute atomic E-state index is 0.00578. The van der Waals surface area contributed by atoms with Crippen molar-refractivity contribution in [2.45, 2.75) is 6.61 Å². The Bertz CT molecular complexity index is 614. The number of nitrogen functional groups attached to an aromatic ring is 1. The molecular weight excluding hydrogens is 283 g/mol. The molecule has 2 aromatic carbocycles. The Morgan fingerprint density at radius 1 is 1.16 bits per heavy atom. The van der Waals surface area contributed by atoms with E-state index in [9.17, 15) is 0 Å². The largest absolute Gasteiger partial charge is 0.489 e. The Balaban J connectivity index is 2.12. The normalized spacial score (nSPS) is 10.2. The second-order valence-electron chi connectivity index (χ2n) is 3.97. The third-order valence-corrected chi connectivity index (χ3v) is 3.15. The fourth-order valence-corrected chi connectivity index (χ4v) is 1.94. The van der Waals surface area contributed by atoms with E-state index in [-0.39, 0.29) is 5.84 Å². The number of halogens is 2. The number of nitrogens with two attached hydrogens (primary N) is 1. The lowest BCUT2D eigenvalue weighted by molar-refractivity contribution is 0.306. The van der Waals surface area contributed by atoms with E-state index in [4.69, 9.17) is 39.1 Å². The van der Waals surface area contributed by atoms with Crippen LogP contribution >= 0.6 is 23.2 Å². The van der Waals surface area contributed by atoms with Crippen LogP contribution in [0, 0.1) is 5.41 Å². The summed E-state index contributed by atoms with van der Waals surface area (Å²) in [5.74, 6) is 0.634. The Labute approximate surface area is 121 Å². The summed E-state index contributed by atoms with van der Waals surface area (Å²) in [5, 5.41) is 8.59. The fourth-order valence-electron chi connectivity index (χ4n) is 1.57. The van der Waals surface area contributed by atoms with E-state index in [1.54, 1.807) is 42.5 Å². The molecular formula is C14H12Cl2N2O. The van der Waals surface area contributed by atoms with Gasteiger partial charge >= 0.3 is 0 Å². The molecule has 0 aliphatic rings. The molecule has 0 bridgehead atoms. The zero-order valence-electron chi connectivity index (χ0n) is 9.99. The van der Waals surface area contributed by atoms with Gasteiger partial charge in [-0.3, -0.25) is 5.41 Å². The summed E-state index contributed by atoms with van der Waals surface area (Å²) in [6, 6.07) is 12.3. The molecule has 0 amide bonds. The standard InChI is InChI=1S/C14H12Cl2N2O/c15-11-4-5-13(16)10(6-11)8-19-12-3-1-2-9(7-12)14(17)18/h1-7H,8H2,(H3,17,18). The van der Waals surface area contributed by atoms with Crippen molar-refractivity contribution in [2.75, 3.05) is 0 Å². The van der Waals surface area contributed by atoms with Crippen molar-refractivity contribution in [1.29, 1.82) is 5.41 Å². The van der Waals surface area contributed by atoms with Gasteiger partial charge in [0, 0.05) is 21.2 Å². The number of nitrogens with one attached hydrogen (secondary N) is 1. The van der Waals surface area contributed by atoms with Gasteiger partial charge in [-0.2, -0.15) is 0 Å². The van der Waals surface area contributed by atoms with Crippen LogP contribution in [-0.4, -0.2) is 5.84 Å². The monoisotopic (exact) mass is 294 g/mol. The van der Waals surface area contributed by atoms with Gasteiger partial charge in [-0.15, -0.1) is 0 Å². The summed E-state index contributed by atoms with van der Waals surface area (Å²) in [6.07, 6.45) is 0. The highest BCUT2D eigenvalue weighted by Gasteiger charge is 2.04. The van der Waals surface area contributed by atoms with Crippen molar-refractivity contribution in [3.63, 3.8) is 0 Å². The minimum atomic E-state index is 0.00578. The highest BCUT2D eigenvalue weighted by Crippen LogP contribution is 2.22. The topological polar surface area (TPSA) is 59.1 Å². The summed E-state index contributed by atoms with van der Waals surface area (Å²) in [6.45, 7) is 0.306. The van der Waals surface area contributed by atoms with Crippen molar-refractivity contribution >= 4 is 29.0 Å². The maximum Gasteiger partial charge on any atom is 0.122 e. The van der Waals surface area contributed by atoms with Gasteiger partial charge < -0.3 is 10.5 Å². The van der Waals surface area contributed by atoms with Crippen molar-refractivity contribution in [3.8, 4) is 5.75 Å². The first-order valence-electron chi connectivity index (χ1n) is 5.57. The van der Waals surface area contributed by atoms with Crippen LogP contribution in [0.4, 0.5) is 0 Å². The maximum absolute atomic E-state index is 7.37. The van der Waals surface area contributed by atoms with Crippen molar-refractivity contribution in [2.24, 2.45) is 5.73 Å². The van der Waals surface area contributed by atoms with E-state index in [0.29, 0.717) is 28.0 Å². The minimum Gasteiger partial charge on any atom is -0.489 e. The van der Waals surface area contributed by atoms with Gasteiger partial charge in [-0.1, -0.05) is 35.3 Å². The average Bonchev–Trinajstić information content (AvgIpc) is 2.40. The Kier molecular flexibility index (Phi) is 4.30.